The lowest BCUT2D eigenvalue weighted by Crippen LogP contribution is -2.50. The minimum atomic E-state index is 0.608. The smallest absolute Gasteiger partial charge is 0.0947 e. The van der Waals surface area contributed by atoms with Gasteiger partial charge in [0.25, 0.3) is 0 Å². The van der Waals surface area contributed by atoms with Crippen molar-refractivity contribution in [1.82, 2.24) is 20.1 Å². The summed E-state index contributed by atoms with van der Waals surface area (Å²) in [7, 11) is 6.45. The molecule has 0 bridgehead atoms. The van der Waals surface area contributed by atoms with Crippen LogP contribution in [0.3, 0.4) is 0 Å². The number of likely N-dealkylation sites (N-methyl/N-ethyl adjacent to an activating group) is 2. The molecule has 0 aromatic carbocycles. The molecular weight excluding hydrogens is 256 g/mol. The summed E-state index contributed by atoms with van der Waals surface area (Å²) in [5, 5.41) is 4.54. The molecule has 0 radical (unpaired) electrons. The second kappa shape index (κ2) is 6.79. The molecular formula is C14H26N4S. The van der Waals surface area contributed by atoms with E-state index in [0.29, 0.717) is 6.04 Å². The lowest BCUT2D eigenvalue weighted by Gasteiger charge is -2.37. The SMILES string of the molecule is CCc1nc(CC2CN(C)CCN2C)sc1CNC. The lowest BCUT2D eigenvalue weighted by atomic mass is 10.1. The number of rotatable bonds is 5. The monoisotopic (exact) mass is 282 g/mol. The zero-order valence-electron chi connectivity index (χ0n) is 12.6. The van der Waals surface area contributed by atoms with Crippen LogP contribution in [0.1, 0.15) is 22.5 Å². The fraction of sp³-hybridized carbons (Fsp3) is 0.786. The van der Waals surface area contributed by atoms with Crippen LogP contribution >= 0.6 is 11.3 Å². The van der Waals surface area contributed by atoms with Gasteiger partial charge in [-0.2, -0.15) is 0 Å². The number of nitrogens with zero attached hydrogens (tertiary/aromatic N) is 3. The van der Waals surface area contributed by atoms with E-state index in [-0.39, 0.29) is 0 Å². The number of thiazole rings is 1. The maximum Gasteiger partial charge on any atom is 0.0947 e. The molecule has 2 rings (SSSR count). The number of nitrogens with one attached hydrogen (secondary N) is 1. The number of aromatic nitrogens is 1. The summed E-state index contributed by atoms with van der Waals surface area (Å²) in [5.41, 5.74) is 1.28. The highest BCUT2D eigenvalue weighted by atomic mass is 32.1. The molecule has 4 nitrogen and oxygen atoms in total. The van der Waals surface area contributed by atoms with Crippen LogP contribution in [-0.4, -0.2) is 61.6 Å². The highest BCUT2D eigenvalue weighted by Crippen LogP contribution is 2.22. The Morgan fingerprint density at radius 1 is 1.37 bits per heavy atom. The Hall–Kier alpha value is -0.490. The van der Waals surface area contributed by atoms with E-state index in [4.69, 9.17) is 4.98 Å². The molecule has 1 aromatic heterocycles. The Kier molecular flexibility index (Phi) is 5.33. The first-order chi connectivity index (χ1) is 9.13. The summed E-state index contributed by atoms with van der Waals surface area (Å²) < 4.78 is 0. The quantitative estimate of drug-likeness (QED) is 0.880. The first-order valence-electron chi connectivity index (χ1n) is 7.14. The fourth-order valence-corrected chi connectivity index (χ4v) is 3.86. The van der Waals surface area contributed by atoms with Crippen molar-refractivity contribution >= 4 is 11.3 Å². The Morgan fingerprint density at radius 2 is 2.16 bits per heavy atom. The Morgan fingerprint density at radius 3 is 2.84 bits per heavy atom. The second-order valence-corrected chi connectivity index (χ2v) is 6.63. The van der Waals surface area contributed by atoms with E-state index < -0.39 is 0 Å². The molecule has 0 aliphatic carbocycles. The van der Waals surface area contributed by atoms with Crippen LogP contribution in [0, 0.1) is 0 Å². The first kappa shape index (κ1) is 14.9. The van der Waals surface area contributed by atoms with Crippen molar-refractivity contribution in [3.8, 4) is 0 Å². The van der Waals surface area contributed by atoms with Gasteiger partial charge in [0.15, 0.2) is 0 Å². The Labute approximate surface area is 120 Å². The molecule has 1 N–H and O–H groups in total. The minimum absolute atomic E-state index is 0.608. The molecule has 1 unspecified atom stereocenters. The van der Waals surface area contributed by atoms with E-state index in [9.17, 15) is 0 Å². The van der Waals surface area contributed by atoms with Gasteiger partial charge in [0.05, 0.1) is 10.7 Å². The van der Waals surface area contributed by atoms with Crippen LogP contribution in [0.5, 0.6) is 0 Å². The molecule has 1 fully saturated rings. The maximum atomic E-state index is 4.83. The summed E-state index contributed by atoms with van der Waals surface area (Å²) in [6.45, 7) is 6.63. The predicted octanol–water partition coefficient (Wildman–Crippen LogP) is 1.21. The highest BCUT2D eigenvalue weighted by molar-refractivity contribution is 7.11. The Bertz CT molecular complexity index is 404. The summed E-state index contributed by atoms with van der Waals surface area (Å²) >= 11 is 1.89. The predicted molar refractivity (Wildman–Crippen MR) is 81.9 cm³/mol. The average Bonchev–Trinajstić information content (AvgIpc) is 2.76. The average molecular weight is 282 g/mol. The van der Waals surface area contributed by atoms with E-state index in [2.05, 4.69) is 36.1 Å². The molecule has 19 heavy (non-hydrogen) atoms. The van der Waals surface area contributed by atoms with Gasteiger partial charge < -0.3 is 15.1 Å². The van der Waals surface area contributed by atoms with Crippen LogP contribution in [0.25, 0.3) is 0 Å². The van der Waals surface area contributed by atoms with Crippen LogP contribution in [-0.2, 0) is 19.4 Å². The van der Waals surface area contributed by atoms with E-state index in [0.717, 1.165) is 32.5 Å². The Balaban J connectivity index is 2.05. The van der Waals surface area contributed by atoms with E-state index in [1.54, 1.807) is 0 Å². The zero-order chi connectivity index (χ0) is 13.8. The fourth-order valence-electron chi connectivity index (χ4n) is 2.62. The molecule has 0 amide bonds. The maximum absolute atomic E-state index is 4.83. The van der Waals surface area contributed by atoms with Crippen molar-refractivity contribution in [1.29, 1.82) is 0 Å². The van der Waals surface area contributed by atoms with E-state index in [1.165, 1.54) is 22.1 Å². The second-order valence-electron chi connectivity index (χ2n) is 5.46. The van der Waals surface area contributed by atoms with Crippen molar-refractivity contribution in [3.63, 3.8) is 0 Å². The topological polar surface area (TPSA) is 31.4 Å². The van der Waals surface area contributed by atoms with Gasteiger partial charge in [-0.25, -0.2) is 4.98 Å². The first-order valence-corrected chi connectivity index (χ1v) is 7.96. The van der Waals surface area contributed by atoms with Gasteiger partial charge in [-0.1, -0.05) is 6.92 Å². The third-order valence-corrected chi connectivity index (χ3v) is 5.01. The van der Waals surface area contributed by atoms with Gasteiger partial charge in [-0.15, -0.1) is 11.3 Å². The highest BCUT2D eigenvalue weighted by Gasteiger charge is 2.23. The number of hydrogen-bond acceptors (Lipinski definition) is 5. The molecule has 1 aliphatic heterocycles. The summed E-state index contributed by atoms with van der Waals surface area (Å²) in [5.74, 6) is 0. The summed E-state index contributed by atoms with van der Waals surface area (Å²) in [6.07, 6.45) is 2.12. The minimum Gasteiger partial charge on any atom is -0.315 e. The van der Waals surface area contributed by atoms with Gasteiger partial charge in [-0.3, -0.25) is 0 Å². The van der Waals surface area contributed by atoms with Crippen LogP contribution in [0.4, 0.5) is 0 Å². The van der Waals surface area contributed by atoms with Gasteiger partial charge in [-0.05, 0) is 27.6 Å². The summed E-state index contributed by atoms with van der Waals surface area (Å²) in [4.78, 5) is 11.1. The third-order valence-electron chi connectivity index (χ3n) is 3.89. The third kappa shape index (κ3) is 3.75. The van der Waals surface area contributed by atoms with Gasteiger partial charge in [0.1, 0.15) is 0 Å². The largest absolute Gasteiger partial charge is 0.315 e. The zero-order valence-corrected chi connectivity index (χ0v) is 13.4. The number of aryl methyl sites for hydroxylation is 1. The lowest BCUT2D eigenvalue weighted by molar-refractivity contribution is 0.114. The van der Waals surface area contributed by atoms with Crippen LogP contribution in [0.15, 0.2) is 0 Å². The van der Waals surface area contributed by atoms with Gasteiger partial charge in [0.2, 0.25) is 0 Å². The van der Waals surface area contributed by atoms with Crippen molar-refractivity contribution < 1.29 is 0 Å². The molecule has 1 atom stereocenters. The molecule has 1 aromatic rings. The van der Waals surface area contributed by atoms with Crippen LogP contribution < -0.4 is 5.32 Å². The molecule has 2 heterocycles. The number of hydrogen-bond donors (Lipinski definition) is 1. The molecule has 5 heteroatoms. The molecule has 1 saturated heterocycles. The molecule has 108 valence electrons. The van der Waals surface area contributed by atoms with Crippen molar-refractivity contribution in [3.05, 3.63) is 15.6 Å². The molecule has 0 spiro atoms. The van der Waals surface area contributed by atoms with E-state index >= 15 is 0 Å². The molecule has 1 aliphatic rings. The van der Waals surface area contributed by atoms with Crippen molar-refractivity contribution in [2.75, 3.05) is 40.8 Å². The van der Waals surface area contributed by atoms with Crippen LogP contribution in [0.2, 0.25) is 0 Å². The van der Waals surface area contributed by atoms with Gasteiger partial charge >= 0.3 is 0 Å². The summed E-state index contributed by atoms with van der Waals surface area (Å²) in [6, 6.07) is 0.608. The van der Waals surface area contributed by atoms with Crippen molar-refractivity contribution in [2.24, 2.45) is 0 Å². The van der Waals surface area contributed by atoms with Gasteiger partial charge in [0, 0.05) is 43.5 Å². The normalized spacial score (nSPS) is 22.0. The van der Waals surface area contributed by atoms with Crippen molar-refractivity contribution in [2.45, 2.75) is 32.4 Å². The number of piperazine rings is 1. The molecule has 0 saturated carbocycles. The standard InChI is InChI=1S/C14H26N4S/c1-5-12-13(9-15-2)19-14(16-12)8-11-10-17(3)6-7-18(11)4/h11,15H,5-10H2,1-4H3. The van der Waals surface area contributed by atoms with E-state index in [1.807, 2.05) is 18.4 Å².